The number of aromatic carboxylic acids is 1. The zero-order valence-corrected chi connectivity index (χ0v) is 18.4. The van der Waals surface area contributed by atoms with Crippen LogP contribution in [0.3, 0.4) is 0 Å². The summed E-state index contributed by atoms with van der Waals surface area (Å²) in [6.07, 6.45) is 4.07. The molecule has 1 unspecified atom stereocenters. The molecule has 2 saturated heterocycles. The number of benzene rings is 2. The number of rotatable bonds is 7. The fourth-order valence-electron chi connectivity index (χ4n) is 4.66. The molecule has 2 fully saturated rings. The second-order valence-corrected chi connectivity index (χ2v) is 9.03. The Morgan fingerprint density at radius 1 is 1.03 bits per heavy atom. The molecular weight excluding hydrogens is 439 g/mol. The Bertz CT molecular complexity index is 953. The molecule has 0 spiro atoms. The second-order valence-electron chi connectivity index (χ2n) is 8.15. The molecule has 8 heteroatoms. The molecule has 0 aliphatic carbocycles. The summed E-state index contributed by atoms with van der Waals surface area (Å²) in [4.78, 5) is 26.3. The zero-order chi connectivity index (χ0) is 22.0. The van der Waals surface area contributed by atoms with Crippen molar-refractivity contribution in [3.05, 3.63) is 63.6 Å². The maximum Gasteiger partial charge on any atom is 0.339 e. The summed E-state index contributed by atoms with van der Waals surface area (Å²) in [5.74, 6) is -1.27. The average Bonchev–Trinajstić information content (AvgIpc) is 2.96. The Morgan fingerprint density at radius 2 is 1.68 bits per heavy atom. The van der Waals surface area contributed by atoms with Crippen molar-refractivity contribution in [2.24, 2.45) is 0 Å². The zero-order valence-electron chi connectivity index (χ0n) is 16.9. The molecular formula is C23H24Cl2N2O4. The minimum Gasteiger partial charge on any atom is -0.483 e. The predicted octanol–water partition coefficient (Wildman–Crippen LogP) is 4.38. The molecule has 2 aliphatic heterocycles. The number of piperidine rings is 1. The van der Waals surface area contributed by atoms with Crippen molar-refractivity contribution in [2.75, 3.05) is 6.61 Å². The number of nitrogens with zero attached hydrogens (tertiary/aromatic N) is 1. The Labute approximate surface area is 191 Å². The number of carbonyl (C=O) groups excluding carboxylic acids is 1. The molecule has 2 bridgehead atoms. The minimum atomic E-state index is -1.15. The maximum absolute atomic E-state index is 12.4. The first-order valence-corrected chi connectivity index (χ1v) is 11.1. The van der Waals surface area contributed by atoms with Gasteiger partial charge < -0.3 is 15.2 Å². The molecule has 164 valence electrons. The summed E-state index contributed by atoms with van der Waals surface area (Å²) >= 11 is 11.8. The van der Waals surface area contributed by atoms with E-state index in [1.165, 1.54) is 23.8 Å². The Balaban J connectivity index is 1.30. The van der Waals surface area contributed by atoms with Gasteiger partial charge in [0, 0.05) is 34.7 Å². The fourth-order valence-corrected chi connectivity index (χ4v) is 4.96. The first-order valence-electron chi connectivity index (χ1n) is 10.3. The quantitative estimate of drug-likeness (QED) is 0.637. The van der Waals surface area contributed by atoms with E-state index in [0.29, 0.717) is 17.1 Å². The number of fused-ring (bicyclic) bond motifs is 2. The molecule has 0 saturated carbocycles. The van der Waals surface area contributed by atoms with Crippen LogP contribution in [-0.2, 0) is 11.3 Å². The predicted molar refractivity (Wildman–Crippen MR) is 119 cm³/mol. The van der Waals surface area contributed by atoms with Crippen LogP contribution in [0.25, 0.3) is 0 Å². The van der Waals surface area contributed by atoms with Crippen molar-refractivity contribution in [3.63, 3.8) is 0 Å². The highest BCUT2D eigenvalue weighted by Crippen LogP contribution is 2.37. The van der Waals surface area contributed by atoms with Crippen LogP contribution in [0.2, 0.25) is 10.0 Å². The van der Waals surface area contributed by atoms with Gasteiger partial charge in [-0.1, -0.05) is 35.3 Å². The highest BCUT2D eigenvalue weighted by molar-refractivity contribution is 6.31. The van der Waals surface area contributed by atoms with E-state index in [1.807, 2.05) is 12.1 Å². The van der Waals surface area contributed by atoms with Crippen molar-refractivity contribution in [2.45, 2.75) is 50.4 Å². The van der Waals surface area contributed by atoms with Crippen molar-refractivity contribution in [3.8, 4) is 5.75 Å². The molecule has 0 radical (unpaired) electrons. The maximum atomic E-state index is 12.4. The van der Waals surface area contributed by atoms with Gasteiger partial charge in [0.05, 0.1) is 0 Å². The van der Waals surface area contributed by atoms with Crippen molar-refractivity contribution in [1.82, 2.24) is 10.2 Å². The number of carboxylic acid groups (broad SMARTS) is 1. The molecule has 2 heterocycles. The van der Waals surface area contributed by atoms with Gasteiger partial charge in [0.2, 0.25) is 0 Å². The monoisotopic (exact) mass is 462 g/mol. The summed E-state index contributed by atoms with van der Waals surface area (Å²) in [6.45, 7) is 0.660. The molecule has 31 heavy (non-hydrogen) atoms. The number of hydrogen-bond acceptors (Lipinski definition) is 4. The number of ether oxygens (including phenoxy) is 1. The van der Waals surface area contributed by atoms with Gasteiger partial charge in [0.25, 0.3) is 5.91 Å². The summed E-state index contributed by atoms with van der Waals surface area (Å²) in [7, 11) is 0. The van der Waals surface area contributed by atoms with E-state index in [9.17, 15) is 14.7 Å². The molecule has 2 aromatic rings. The van der Waals surface area contributed by atoms with Crippen LogP contribution >= 0.6 is 23.2 Å². The highest BCUT2D eigenvalue weighted by atomic mass is 35.5. The molecule has 3 atom stereocenters. The Morgan fingerprint density at radius 3 is 2.32 bits per heavy atom. The largest absolute Gasteiger partial charge is 0.483 e. The van der Waals surface area contributed by atoms with Gasteiger partial charge in [-0.05, 0) is 61.6 Å². The van der Waals surface area contributed by atoms with E-state index >= 15 is 0 Å². The van der Waals surface area contributed by atoms with Crippen molar-refractivity contribution < 1.29 is 19.4 Å². The number of nitrogens with one attached hydrogen (secondary N) is 1. The minimum absolute atomic E-state index is 0.0612. The lowest BCUT2D eigenvalue weighted by Gasteiger charge is -2.39. The first-order chi connectivity index (χ1) is 14.9. The first kappa shape index (κ1) is 21.9. The van der Waals surface area contributed by atoms with E-state index in [0.717, 1.165) is 37.3 Å². The van der Waals surface area contributed by atoms with Gasteiger partial charge in [0.1, 0.15) is 11.3 Å². The fraction of sp³-hybridized carbons (Fsp3) is 0.391. The van der Waals surface area contributed by atoms with Crippen LogP contribution in [0, 0.1) is 0 Å². The molecule has 2 aliphatic rings. The van der Waals surface area contributed by atoms with Crippen LogP contribution in [0.1, 0.15) is 41.6 Å². The van der Waals surface area contributed by atoms with Crippen molar-refractivity contribution >= 4 is 35.1 Å². The number of carboxylic acids is 1. The number of halogens is 2. The normalized spacial score (nSPS) is 22.8. The van der Waals surface area contributed by atoms with E-state index in [4.69, 9.17) is 27.9 Å². The lowest BCUT2D eigenvalue weighted by atomic mass is 9.96. The smallest absolute Gasteiger partial charge is 0.339 e. The van der Waals surface area contributed by atoms with Crippen LogP contribution < -0.4 is 10.1 Å². The van der Waals surface area contributed by atoms with E-state index in [1.54, 1.807) is 0 Å². The molecule has 2 N–H and O–H groups in total. The molecule has 1 amide bonds. The van der Waals surface area contributed by atoms with Crippen molar-refractivity contribution in [1.29, 1.82) is 0 Å². The summed E-state index contributed by atoms with van der Waals surface area (Å²) < 4.78 is 5.46. The van der Waals surface area contributed by atoms with Gasteiger partial charge in [-0.25, -0.2) is 4.79 Å². The molecule has 0 aromatic heterocycles. The van der Waals surface area contributed by atoms with Crippen LogP contribution in [0.4, 0.5) is 0 Å². The standard InChI is InChI=1S/C23H24Cl2N2O4/c24-15-3-1-14(2-4-15)12-27-18-6-7-19(27)11-17(10-18)26-22(28)13-31-21-8-5-16(25)9-20(21)23(29)30/h1-5,8-9,17-19H,6-7,10-13H2,(H,26,28)(H,29,30)/t17?,18-,19+. The SMILES string of the molecule is O=C(COc1ccc(Cl)cc1C(=O)O)NC1C[C@H]2CC[C@@H](C1)N2Cc1ccc(Cl)cc1. The molecule has 2 aromatic carbocycles. The Kier molecular flexibility index (Phi) is 6.70. The molecule has 4 rings (SSSR count). The van der Waals surface area contributed by atoms with E-state index in [2.05, 4.69) is 22.3 Å². The summed E-state index contributed by atoms with van der Waals surface area (Å²) in [5, 5.41) is 13.4. The van der Waals surface area contributed by atoms with Gasteiger partial charge in [-0.2, -0.15) is 0 Å². The number of hydrogen-bond donors (Lipinski definition) is 2. The lowest BCUT2D eigenvalue weighted by Crippen LogP contribution is -2.50. The van der Waals surface area contributed by atoms with Crippen LogP contribution in [-0.4, -0.2) is 46.6 Å². The lowest BCUT2D eigenvalue weighted by molar-refractivity contribution is -0.124. The third-order valence-electron chi connectivity index (χ3n) is 6.06. The van der Waals surface area contributed by atoms with E-state index < -0.39 is 5.97 Å². The van der Waals surface area contributed by atoms with Gasteiger partial charge in [0.15, 0.2) is 6.61 Å². The Hall–Kier alpha value is -2.28. The van der Waals surface area contributed by atoms with Crippen LogP contribution in [0.5, 0.6) is 5.75 Å². The van der Waals surface area contributed by atoms with Gasteiger partial charge >= 0.3 is 5.97 Å². The third-order valence-corrected chi connectivity index (χ3v) is 6.55. The van der Waals surface area contributed by atoms with Crippen LogP contribution in [0.15, 0.2) is 42.5 Å². The van der Waals surface area contributed by atoms with E-state index in [-0.39, 0.29) is 29.9 Å². The second kappa shape index (κ2) is 9.47. The van der Waals surface area contributed by atoms with Gasteiger partial charge in [-0.3, -0.25) is 9.69 Å². The highest BCUT2D eigenvalue weighted by Gasteiger charge is 2.40. The summed E-state index contributed by atoms with van der Waals surface area (Å²) in [6, 6.07) is 13.3. The van der Waals surface area contributed by atoms with Gasteiger partial charge in [-0.15, -0.1) is 0 Å². The number of amides is 1. The topological polar surface area (TPSA) is 78.9 Å². The molecule has 6 nitrogen and oxygen atoms in total. The third kappa shape index (κ3) is 5.32. The average molecular weight is 463 g/mol. The number of carbonyl (C=O) groups is 2. The summed E-state index contributed by atoms with van der Waals surface area (Å²) in [5.41, 5.74) is 1.18.